The number of carbonyl (C=O) groups excluding carboxylic acids is 2. The van der Waals surface area contributed by atoms with Crippen LogP contribution in [0.15, 0.2) is 54.6 Å². The van der Waals surface area contributed by atoms with Crippen LogP contribution in [-0.4, -0.2) is 54.5 Å². The zero-order valence-electron chi connectivity index (χ0n) is 16.3. The maximum Gasteiger partial charge on any atom is 0.320 e. The van der Waals surface area contributed by atoms with E-state index in [0.29, 0.717) is 13.1 Å². The molecule has 1 N–H and O–H groups in total. The van der Waals surface area contributed by atoms with E-state index in [9.17, 15) is 9.59 Å². The third-order valence-corrected chi connectivity index (χ3v) is 6.05. The van der Waals surface area contributed by atoms with Crippen molar-refractivity contribution in [2.45, 2.75) is 18.2 Å². The van der Waals surface area contributed by atoms with Crippen LogP contribution in [0, 0.1) is 6.92 Å². The van der Waals surface area contributed by atoms with Crippen LogP contribution in [0.2, 0.25) is 0 Å². The Bertz CT molecular complexity index is 795. The number of hydrogen-bond acceptors (Lipinski definition) is 5. The smallest absolute Gasteiger partial charge is 0.320 e. The summed E-state index contributed by atoms with van der Waals surface area (Å²) in [6.07, 6.45) is 0. The van der Waals surface area contributed by atoms with Crippen LogP contribution in [0.25, 0.3) is 0 Å². The summed E-state index contributed by atoms with van der Waals surface area (Å²) >= 11 is 1.55. The molecule has 1 saturated heterocycles. The lowest BCUT2D eigenvalue weighted by Crippen LogP contribution is -2.48. The first-order valence-electron chi connectivity index (χ1n) is 9.40. The highest BCUT2D eigenvalue weighted by molar-refractivity contribution is 8.00. The molecule has 0 saturated carbocycles. The van der Waals surface area contributed by atoms with E-state index in [1.165, 1.54) is 12.7 Å². The molecule has 0 spiro atoms. The second-order valence-electron chi connectivity index (χ2n) is 6.86. The number of ether oxygens (including phenoxy) is 1. The molecular formula is C22H26N2O3S. The van der Waals surface area contributed by atoms with E-state index in [1.807, 2.05) is 18.2 Å². The molecule has 1 fully saturated rings. The molecule has 0 aromatic heterocycles. The molecule has 1 amide bonds. The van der Waals surface area contributed by atoms with E-state index in [1.54, 1.807) is 16.7 Å². The fraction of sp³-hybridized carbons (Fsp3) is 0.364. The van der Waals surface area contributed by atoms with Crippen molar-refractivity contribution in [3.63, 3.8) is 0 Å². The maximum absolute atomic E-state index is 12.8. The van der Waals surface area contributed by atoms with Gasteiger partial charge in [0.15, 0.2) is 0 Å². The van der Waals surface area contributed by atoms with E-state index in [2.05, 4.69) is 48.6 Å². The van der Waals surface area contributed by atoms with Gasteiger partial charge in [-0.2, -0.15) is 0 Å². The highest BCUT2D eigenvalue weighted by Crippen LogP contribution is 2.23. The first-order valence-corrected chi connectivity index (χ1v) is 10.5. The second-order valence-corrected chi connectivity index (χ2v) is 8.17. The average molecular weight is 399 g/mol. The Morgan fingerprint density at radius 3 is 2.50 bits per heavy atom. The van der Waals surface area contributed by atoms with Gasteiger partial charge in [0.25, 0.3) is 0 Å². The highest BCUT2D eigenvalue weighted by atomic mass is 32.2. The van der Waals surface area contributed by atoms with E-state index in [0.717, 1.165) is 16.9 Å². The fourth-order valence-electron chi connectivity index (χ4n) is 3.28. The van der Waals surface area contributed by atoms with Crippen LogP contribution in [0.5, 0.6) is 0 Å². The van der Waals surface area contributed by atoms with E-state index in [-0.39, 0.29) is 29.7 Å². The molecule has 2 aromatic carbocycles. The molecule has 3 rings (SSSR count). The molecule has 0 radical (unpaired) electrons. The monoisotopic (exact) mass is 398 g/mol. The van der Waals surface area contributed by atoms with Crippen LogP contribution in [0.1, 0.15) is 22.7 Å². The number of nitrogens with zero attached hydrogens (tertiary/aromatic N) is 1. The average Bonchev–Trinajstić information content (AvgIpc) is 2.75. The summed E-state index contributed by atoms with van der Waals surface area (Å²) < 4.78 is 4.83. The summed E-state index contributed by atoms with van der Waals surface area (Å²) in [4.78, 5) is 26.3. The van der Waals surface area contributed by atoms with Gasteiger partial charge < -0.3 is 9.64 Å². The van der Waals surface area contributed by atoms with Crippen molar-refractivity contribution in [2.75, 3.05) is 32.5 Å². The molecule has 6 heteroatoms. The SMILES string of the molecule is COC(=O)[C@H]1CN(C(=O)CN[C@H](c2ccccc2)c2ccc(C)cc2)CCS1. The van der Waals surface area contributed by atoms with Crippen molar-refractivity contribution in [2.24, 2.45) is 0 Å². The molecule has 0 bridgehead atoms. The Kier molecular flexibility index (Phi) is 7.12. The zero-order valence-corrected chi connectivity index (χ0v) is 17.1. The Balaban J connectivity index is 1.68. The van der Waals surface area contributed by atoms with Crippen LogP contribution in [0.3, 0.4) is 0 Å². The number of aryl methyl sites for hydroxylation is 1. The molecule has 2 aromatic rings. The van der Waals surface area contributed by atoms with Gasteiger partial charge in [0.2, 0.25) is 5.91 Å². The number of thioether (sulfide) groups is 1. The summed E-state index contributed by atoms with van der Waals surface area (Å²) in [7, 11) is 1.39. The number of rotatable bonds is 6. The molecule has 5 nitrogen and oxygen atoms in total. The maximum atomic E-state index is 12.8. The number of carbonyl (C=O) groups is 2. The minimum Gasteiger partial charge on any atom is -0.468 e. The van der Waals surface area contributed by atoms with E-state index in [4.69, 9.17) is 4.74 Å². The van der Waals surface area contributed by atoms with Gasteiger partial charge in [-0.05, 0) is 18.1 Å². The Morgan fingerprint density at radius 2 is 1.82 bits per heavy atom. The van der Waals surface area contributed by atoms with Gasteiger partial charge in [-0.3, -0.25) is 14.9 Å². The first kappa shape index (κ1) is 20.4. The molecule has 2 atom stereocenters. The van der Waals surface area contributed by atoms with E-state index >= 15 is 0 Å². The second kappa shape index (κ2) is 9.75. The van der Waals surface area contributed by atoms with Gasteiger partial charge in [0.1, 0.15) is 5.25 Å². The summed E-state index contributed by atoms with van der Waals surface area (Å²) in [5.41, 5.74) is 3.43. The van der Waals surface area contributed by atoms with Gasteiger partial charge in [0, 0.05) is 18.8 Å². The Morgan fingerprint density at radius 1 is 1.14 bits per heavy atom. The van der Waals surface area contributed by atoms with Gasteiger partial charge in [-0.15, -0.1) is 11.8 Å². The van der Waals surface area contributed by atoms with Gasteiger partial charge >= 0.3 is 5.97 Å². The number of hydrogen-bond donors (Lipinski definition) is 1. The Labute approximate surface area is 170 Å². The third kappa shape index (κ3) is 5.14. The van der Waals surface area contributed by atoms with Crippen LogP contribution in [-0.2, 0) is 14.3 Å². The minimum atomic E-state index is -0.301. The fourth-order valence-corrected chi connectivity index (χ4v) is 4.41. The van der Waals surface area contributed by atoms with Crippen LogP contribution < -0.4 is 5.32 Å². The molecule has 1 heterocycles. The number of methoxy groups -OCH3 is 1. The van der Waals surface area contributed by atoms with Crippen molar-refractivity contribution in [3.8, 4) is 0 Å². The summed E-state index contributed by atoms with van der Waals surface area (Å²) in [6, 6.07) is 18.4. The van der Waals surface area contributed by atoms with Crippen LogP contribution >= 0.6 is 11.8 Å². The quantitative estimate of drug-likeness (QED) is 0.759. The highest BCUT2D eigenvalue weighted by Gasteiger charge is 2.29. The Hall–Kier alpha value is -2.31. The van der Waals surface area contributed by atoms with Crippen molar-refractivity contribution in [1.82, 2.24) is 10.2 Å². The predicted molar refractivity (Wildman–Crippen MR) is 112 cm³/mol. The summed E-state index contributed by atoms with van der Waals surface area (Å²) in [5.74, 6) is 0.477. The summed E-state index contributed by atoms with van der Waals surface area (Å²) in [5, 5.41) is 3.11. The molecular weight excluding hydrogens is 372 g/mol. The lowest BCUT2D eigenvalue weighted by Gasteiger charge is -2.31. The third-order valence-electron chi connectivity index (χ3n) is 4.88. The van der Waals surface area contributed by atoms with Crippen LogP contribution in [0.4, 0.5) is 0 Å². The number of amides is 1. The van der Waals surface area contributed by atoms with Crippen molar-refractivity contribution >= 4 is 23.6 Å². The normalized spacial score (nSPS) is 17.8. The minimum absolute atomic E-state index is 0.00208. The van der Waals surface area contributed by atoms with Crippen molar-refractivity contribution in [1.29, 1.82) is 0 Å². The first-order chi connectivity index (χ1) is 13.6. The van der Waals surface area contributed by atoms with Crippen molar-refractivity contribution in [3.05, 3.63) is 71.3 Å². The topological polar surface area (TPSA) is 58.6 Å². The van der Waals surface area contributed by atoms with Gasteiger partial charge in [-0.25, -0.2) is 0 Å². The lowest BCUT2D eigenvalue weighted by molar-refractivity contribution is -0.141. The number of nitrogens with one attached hydrogen (secondary N) is 1. The largest absolute Gasteiger partial charge is 0.468 e. The molecule has 1 aliphatic rings. The molecule has 0 unspecified atom stereocenters. The number of esters is 1. The summed E-state index contributed by atoms with van der Waals surface area (Å²) in [6.45, 7) is 3.33. The zero-order chi connectivity index (χ0) is 19.9. The lowest BCUT2D eigenvalue weighted by atomic mass is 9.98. The molecule has 148 valence electrons. The van der Waals surface area contributed by atoms with Gasteiger partial charge in [-0.1, -0.05) is 60.2 Å². The number of benzene rings is 2. The van der Waals surface area contributed by atoms with E-state index < -0.39 is 0 Å². The predicted octanol–water partition coefficient (Wildman–Crippen LogP) is 2.79. The molecule has 0 aliphatic carbocycles. The molecule has 1 aliphatic heterocycles. The standard InChI is InChI=1S/C22H26N2O3S/c1-16-8-10-18(11-9-16)21(17-6-4-3-5-7-17)23-14-20(25)24-12-13-28-19(15-24)22(26)27-2/h3-11,19,21,23H,12-15H2,1-2H3/t19-,21-/m1/s1. The molecule has 28 heavy (non-hydrogen) atoms. The van der Waals surface area contributed by atoms with Gasteiger partial charge in [0.05, 0.1) is 19.7 Å². The van der Waals surface area contributed by atoms with Crippen molar-refractivity contribution < 1.29 is 14.3 Å².